The number of nitrogens with two attached hydrogens (primary N) is 1. The Balaban J connectivity index is 2.29. The molecule has 0 aliphatic carbocycles. The van der Waals surface area contributed by atoms with E-state index in [0.29, 0.717) is 11.1 Å². The van der Waals surface area contributed by atoms with E-state index >= 15 is 0 Å². The van der Waals surface area contributed by atoms with E-state index in [1.807, 2.05) is 0 Å². The molecule has 0 saturated carbocycles. The molecule has 380 valence electrons. The zero-order valence-corrected chi connectivity index (χ0v) is 39.9. The van der Waals surface area contributed by atoms with Crippen LogP contribution >= 0.6 is 0 Å². The third-order valence-electron chi connectivity index (χ3n) is 10.8. The standard InChI is InChI=1S/C47H68N8O14/c1-24(2)20-32(51-44(65)38(26(5)6)55-41(62)30(48)18-19-35(56)57)43(64)50-31(21-28-14-10-8-11-15-28)39(60)46(67)52-33(23-36(58)59)42(63)49-27(7)40(61)54-37(25(3)4)45(66)53-34(47(68)69)22-29-16-12-9-13-17-29/h8-17,24-27,30-34,37-39,60H,18-23,48H2,1-7H3,(H,49,63)(H,50,64)(H,51,65)(H,52,67)(H,53,66)(H,54,61)(H,55,62)(H,56,57)(H,58,59)(H,68,69)/t27-,30-,31-,32-,33-,34-,37-,38-,39+/m0/s1. The lowest BCUT2D eigenvalue weighted by Gasteiger charge is -2.30. The third-order valence-corrected chi connectivity index (χ3v) is 10.8. The number of carboxylic acid groups (broad SMARTS) is 3. The molecule has 22 nitrogen and oxygen atoms in total. The van der Waals surface area contributed by atoms with Crippen molar-refractivity contribution in [1.29, 1.82) is 0 Å². The molecule has 2 rings (SSSR count). The lowest BCUT2D eigenvalue weighted by atomic mass is 9.97. The fraction of sp³-hybridized carbons (Fsp3) is 0.532. The highest BCUT2D eigenvalue weighted by Crippen LogP contribution is 2.13. The molecule has 0 heterocycles. The van der Waals surface area contributed by atoms with Crippen molar-refractivity contribution in [1.82, 2.24) is 37.2 Å². The van der Waals surface area contributed by atoms with Gasteiger partial charge in [-0.2, -0.15) is 0 Å². The highest BCUT2D eigenvalue weighted by Gasteiger charge is 2.37. The van der Waals surface area contributed by atoms with Crippen LogP contribution in [-0.4, -0.2) is 134 Å². The van der Waals surface area contributed by atoms with Gasteiger partial charge in [-0.3, -0.25) is 43.2 Å². The van der Waals surface area contributed by atoms with Gasteiger partial charge in [-0.25, -0.2) is 4.79 Å². The van der Waals surface area contributed by atoms with Crippen LogP contribution in [0.2, 0.25) is 0 Å². The van der Waals surface area contributed by atoms with E-state index in [2.05, 4.69) is 37.2 Å². The van der Waals surface area contributed by atoms with Gasteiger partial charge in [0, 0.05) is 12.8 Å². The Morgan fingerprint density at radius 3 is 1.43 bits per heavy atom. The molecule has 0 aromatic heterocycles. The van der Waals surface area contributed by atoms with E-state index in [4.69, 9.17) is 10.8 Å². The maximum atomic E-state index is 14.0. The van der Waals surface area contributed by atoms with Crippen molar-refractivity contribution in [3.8, 4) is 0 Å². The van der Waals surface area contributed by atoms with Crippen molar-refractivity contribution in [2.24, 2.45) is 23.5 Å². The summed E-state index contributed by atoms with van der Waals surface area (Å²) in [5, 5.41) is 57.1. The Kier molecular flexibility index (Phi) is 24.0. The maximum Gasteiger partial charge on any atom is 0.326 e. The molecule has 0 spiro atoms. The summed E-state index contributed by atoms with van der Waals surface area (Å²) in [5.41, 5.74) is 7.02. The Morgan fingerprint density at radius 2 is 0.971 bits per heavy atom. The summed E-state index contributed by atoms with van der Waals surface area (Å²) in [5.74, 6) is -11.9. The van der Waals surface area contributed by atoms with Crippen LogP contribution in [0.1, 0.15) is 85.3 Å². The lowest BCUT2D eigenvalue weighted by Crippen LogP contribution is -2.61. The molecule has 0 aliphatic heterocycles. The van der Waals surface area contributed by atoms with Crippen LogP contribution in [0.5, 0.6) is 0 Å². The second-order valence-corrected chi connectivity index (χ2v) is 17.9. The maximum absolute atomic E-state index is 14.0. The predicted octanol–water partition coefficient (Wildman–Crippen LogP) is -0.644. The topological polar surface area (TPSA) is 362 Å². The first-order valence-corrected chi connectivity index (χ1v) is 22.6. The van der Waals surface area contributed by atoms with Gasteiger partial charge in [0.15, 0.2) is 6.10 Å². The quantitative estimate of drug-likeness (QED) is 0.0482. The van der Waals surface area contributed by atoms with Crippen molar-refractivity contribution < 1.29 is 68.4 Å². The van der Waals surface area contributed by atoms with Crippen LogP contribution < -0.4 is 43.0 Å². The first-order chi connectivity index (χ1) is 32.3. The van der Waals surface area contributed by atoms with Gasteiger partial charge in [-0.15, -0.1) is 0 Å². The number of aliphatic hydroxyl groups excluding tert-OH is 1. The smallest absolute Gasteiger partial charge is 0.326 e. The SMILES string of the molecule is CC(C)C[C@H](NC(=O)[C@@H](NC(=O)[C@@H](N)CCC(=O)O)C(C)C)C(=O)N[C@@H](Cc1ccccc1)[C@@H](O)C(=O)N[C@@H](CC(=O)O)C(=O)N[C@@H](C)C(=O)N[C@H](C(=O)N[C@@H](Cc1ccccc1)C(=O)O)C(C)C. The van der Waals surface area contributed by atoms with Crippen LogP contribution in [0, 0.1) is 17.8 Å². The summed E-state index contributed by atoms with van der Waals surface area (Å²) in [7, 11) is 0. The highest BCUT2D eigenvalue weighted by molar-refractivity contribution is 5.97. The number of carbonyl (C=O) groups excluding carboxylic acids is 7. The van der Waals surface area contributed by atoms with Gasteiger partial charge in [0.2, 0.25) is 35.4 Å². The molecular weight excluding hydrogens is 901 g/mol. The molecule has 9 atom stereocenters. The minimum Gasteiger partial charge on any atom is -0.481 e. The first-order valence-electron chi connectivity index (χ1n) is 22.6. The van der Waals surface area contributed by atoms with Crippen molar-refractivity contribution in [3.63, 3.8) is 0 Å². The molecule has 2 aromatic rings. The minimum absolute atomic E-state index is 0.0428. The van der Waals surface area contributed by atoms with Gasteiger partial charge >= 0.3 is 17.9 Å². The second kappa shape index (κ2) is 28.4. The minimum atomic E-state index is -2.15. The van der Waals surface area contributed by atoms with Crippen LogP contribution in [-0.2, 0) is 60.8 Å². The number of carboxylic acids is 3. The molecular formula is C47H68N8O14. The molecule has 0 saturated heterocycles. The normalized spacial score (nSPS) is 15.1. The van der Waals surface area contributed by atoms with Crippen LogP contribution in [0.4, 0.5) is 0 Å². The van der Waals surface area contributed by atoms with Gasteiger partial charge in [-0.05, 0) is 55.1 Å². The molecule has 7 amide bonds. The largest absolute Gasteiger partial charge is 0.481 e. The fourth-order valence-corrected chi connectivity index (χ4v) is 6.89. The summed E-state index contributed by atoms with van der Waals surface area (Å²) in [6.45, 7) is 11.2. The summed E-state index contributed by atoms with van der Waals surface area (Å²) in [6.07, 6.45) is -3.94. The van der Waals surface area contributed by atoms with Crippen LogP contribution in [0.15, 0.2) is 60.7 Å². The van der Waals surface area contributed by atoms with Gasteiger partial charge in [0.05, 0.1) is 18.5 Å². The number of carbonyl (C=O) groups is 10. The monoisotopic (exact) mass is 968 g/mol. The van der Waals surface area contributed by atoms with E-state index in [0.717, 1.165) is 0 Å². The number of aliphatic hydroxyl groups is 1. The number of amides is 7. The zero-order valence-electron chi connectivity index (χ0n) is 39.9. The number of hydrogen-bond donors (Lipinski definition) is 12. The van der Waals surface area contributed by atoms with Crippen molar-refractivity contribution in [2.75, 3.05) is 0 Å². The van der Waals surface area contributed by atoms with Crippen molar-refractivity contribution >= 4 is 59.3 Å². The van der Waals surface area contributed by atoms with Gasteiger partial charge in [-0.1, -0.05) is 102 Å². The molecule has 13 N–H and O–H groups in total. The van der Waals surface area contributed by atoms with E-state index in [1.165, 1.54) is 6.92 Å². The molecule has 0 bridgehead atoms. The Bertz CT molecular complexity index is 2090. The molecule has 69 heavy (non-hydrogen) atoms. The fourth-order valence-electron chi connectivity index (χ4n) is 6.89. The molecule has 0 aliphatic rings. The highest BCUT2D eigenvalue weighted by atomic mass is 16.4. The Morgan fingerprint density at radius 1 is 0.507 bits per heavy atom. The average Bonchev–Trinajstić information content (AvgIpc) is 3.27. The Labute approximate surface area is 400 Å². The zero-order chi connectivity index (χ0) is 52.1. The summed E-state index contributed by atoms with van der Waals surface area (Å²) >= 11 is 0. The molecule has 0 fully saturated rings. The first kappa shape index (κ1) is 58.2. The van der Waals surface area contributed by atoms with Crippen molar-refractivity contribution in [2.45, 2.75) is 141 Å². The van der Waals surface area contributed by atoms with Gasteiger partial charge in [0.1, 0.15) is 36.3 Å². The molecule has 0 unspecified atom stereocenters. The number of nitrogens with one attached hydrogen (secondary N) is 7. The van der Waals surface area contributed by atoms with Gasteiger partial charge < -0.3 is 63.4 Å². The number of hydrogen-bond acceptors (Lipinski definition) is 12. The number of aliphatic carboxylic acids is 3. The second-order valence-electron chi connectivity index (χ2n) is 17.9. The van der Waals surface area contributed by atoms with Gasteiger partial charge in [0.25, 0.3) is 5.91 Å². The molecule has 22 heteroatoms. The van der Waals surface area contributed by atoms with Crippen LogP contribution in [0.3, 0.4) is 0 Å². The Hall–Kier alpha value is -6.94. The van der Waals surface area contributed by atoms with E-state index in [1.54, 1.807) is 102 Å². The molecule has 0 radical (unpaired) electrons. The number of rotatable bonds is 29. The van der Waals surface area contributed by atoms with E-state index < -0.39 is 132 Å². The predicted molar refractivity (Wildman–Crippen MR) is 249 cm³/mol. The third kappa shape index (κ3) is 20.4. The average molecular weight is 969 g/mol. The van der Waals surface area contributed by atoms with Crippen molar-refractivity contribution in [3.05, 3.63) is 71.8 Å². The summed E-state index contributed by atoms with van der Waals surface area (Å²) < 4.78 is 0. The van der Waals surface area contributed by atoms with Crippen LogP contribution in [0.25, 0.3) is 0 Å². The number of benzene rings is 2. The summed E-state index contributed by atoms with van der Waals surface area (Å²) in [6, 6.07) is 5.70. The van der Waals surface area contributed by atoms with E-state index in [9.17, 15) is 63.3 Å². The lowest BCUT2D eigenvalue weighted by molar-refractivity contribution is -0.142. The molecule has 2 aromatic carbocycles. The van der Waals surface area contributed by atoms with E-state index in [-0.39, 0.29) is 38.0 Å². The summed E-state index contributed by atoms with van der Waals surface area (Å²) in [4.78, 5) is 129.